The van der Waals surface area contributed by atoms with Gasteiger partial charge in [0.25, 0.3) is 0 Å². The predicted molar refractivity (Wildman–Crippen MR) is 147 cm³/mol. The maximum Gasteiger partial charge on any atom is 0.410 e. The van der Waals surface area contributed by atoms with Gasteiger partial charge in [-0.25, -0.2) is 14.8 Å². The molecule has 1 aromatic carbocycles. The number of piperazine rings is 1. The summed E-state index contributed by atoms with van der Waals surface area (Å²) < 4.78 is 18.8. The number of aryl methyl sites for hydroxylation is 1. The van der Waals surface area contributed by atoms with Crippen LogP contribution in [0.3, 0.4) is 0 Å². The van der Waals surface area contributed by atoms with Crippen molar-refractivity contribution in [3.05, 3.63) is 54.7 Å². The zero-order chi connectivity index (χ0) is 28.1. The van der Waals surface area contributed by atoms with Gasteiger partial charge < -0.3 is 29.7 Å². The molecule has 212 valence electrons. The molecule has 3 unspecified atom stereocenters. The highest BCUT2D eigenvalue weighted by molar-refractivity contribution is 5.79. The first kappa shape index (κ1) is 27.2. The molecule has 0 saturated carbocycles. The van der Waals surface area contributed by atoms with Crippen LogP contribution in [0, 0.1) is 5.92 Å². The second-order valence-electron chi connectivity index (χ2n) is 10.0. The monoisotopic (exact) mass is 549 g/mol. The molecular weight excluding hydrogens is 514 g/mol. The number of anilines is 1. The van der Waals surface area contributed by atoms with E-state index in [1.165, 1.54) is 0 Å². The summed E-state index contributed by atoms with van der Waals surface area (Å²) in [5.74, 6) is 1.49. The van der Waals surface area contributed by atoms with Crippen LogP contribution >= 0.6 is 0 Å². The molecule has 0 spiro atoms. The van der Waals surface area contributed by atoms with Gasteiger partial charge in [0.2, 0.25) is 11.9 Å². The van der Waals surface area contributed by atoms with Crippen molar-refractivity contribution in [2.45, 2.75) is 45.3 Å². The van der Waals surface area contributed by atoms with Gasteiger partial charge in [0.15, 0.2) is 11.5 Å². The molecule has 3 atom stereocenters. The lowest BCUT2D eigenvalue weighted by Gasteiger charge is -2.44. The van der Waals surface area contributed by atoms with E-state index in [-0.39, 0.29) is 6.10 Å². The molecule has 1 saturated heterocycles. The van der Waals surface area contributed by atoms with E-state index in [9.17, 15) is 9.59 Å². The number of hydrogen-bond donors (Lipinski definition) is 1. The predicted octanol–water partition coefficient (Wildman–Crippen LogP) is 2.59. The van der Waals surface area contributed by atoms with Gasteiger partial charge in [-0.3, -0.25) is 9.36 Å². The summed E-state index contributed by atoms with van der Waals surface area (Å²) in [6.45, 7) is 6.07. The van der Waals surface area contributed by atoms with Crippen LogP contribution in [0.25, 0.3) is 5.95 Å². The Morgan fingerprint density at radius 3 is 2.73 bits per heavy atom. The first-order valence-electron chi connectivity index (χ1n) is 13.6. The van der Waals surface area contributed by atoms with Crippen LogP contribution in [0.15, 0.2) is 49.2 Å². The van der Waals surface area contributed by atoms with E-state index < -0.39 is 24.0 Å². The van der Waals surface area contributed by atoms with Crippen LogP contribution in [-0.2, 0) is 16.0 Å². The highest BCUT2D eigenvalue weighted by Crippen LogP contribution is 2.32. The fourth-order valence-corrected chi connectivity index (χ4v) is 5.02. The molecule has 2 aliphatic rings. The van der Waals surface area contributed by atoms with Crippen molar-refractivity contribution in [3.63, 3.8) is 0 Å². The van der Waals surface area contributed by atoms with Crippen molar-refractivity contribution in [1.82, 2.24) is 24.4 Å². The number of amides is 2. The molecule has 12 nitrogen and oxygen atoms in total. The van der Waals surface area contributed by atoms with E-state index in [1.807, 2.05) is 38.1 Å². The lowest BCUT2D eigenvalue weighted by atomic mass is 9.89. The number of imidazole rings is 1. The van der Waals surface area contributed by atoms with Crippen LogP contribution in [0.1, 0.15) is 32.3 Å². The minimum atomic E-state index is -0.615. The zero-order valence-corrected chi connectivity index (χ0v) is 22.8. The molecule has 5 rings (SSSR count). The van der Waals surface area contributed by atoms with Crippen LogP contribution in [-0.4, -0.2) is 81.4 Å². The summed E-state index contributed by atoms with van der Waals surface area (Å²) in [5, 5.41) is 0. The Morgan fingerprint density at radius 1 is 1.15 bits per heavy atom. The lowest BCUT2D eigenvalue weighted by Crippen LogP contribution is -2.60. The number of nitrogens with two attached hydrogens (primary N) is 1. The molecule has 1 fully saturated rings. The lowest BCUT2D eigenvalue weighted by molar-refractivity contribution is -0.124. The SMILES string of the molecule is CCC(C)OC(=O)N1CCN(c2ccnc(-n3ccnc3)n2)CC1C(CCc1ccc2c(c1)OCCO2)C(N)=O. The number of aromatic nitrogens is 4. The van der Waals surface area contributed by atoms with E-state index in [0.29, 0.717) is 75.4 Å². The summed E-state index contributed by atoms with van der Waals surface area (Å²) in [4.78, 5) is 43.0. The summed E-state index contributed by atoms with van der Waals surface area (Å²) in [6, 6.07) is 7.10. The molecule has 2 aliphatic heterocycles. The largest absolute Gasteiger partial charge is 0.486 e. The molecule has 40 heavy (non-hydrogen) atoms. The molecule has 2 aromatic heterocycles. The molecule has 0 bridgehead atoms. The number of benzene rings is 1. The normalized spacial score (nSPS) is 18.2. The van der Waals surface area contributed by atoms with Gasteiger partial charge in [0.05, 0.1) is 12.0 Å². The van der Waals surface area contributed by atoms with Crippen molar-refractivity contribution in [1.29, 1.82) is 0 Å². The van der Waals surface area contributed by atoms with Gasteiger partial charge in [0, 0.05) is 38.2 Å². The molecule has 0 aliphatic carbocycles. The van der Waals surface area contributed by atoms with Crippen molar-refractivity contribution >= 4 is 17.8 Å². The van der Waals surface area contributed by atoms with Crippen LogP contribution in [0.4, 0.5) is 10.6 Å². The summed E-state index contributed by atoms with van der Waals surface area (Å²) in [6.07, 6.45) is 7.78. The van der Waals surface area contributed by atoms with Gasteiger partial charge in [-0.2, -0.15) is 4.98 Å². The first-order chi connectivity index (χ1) is 19.4. The molecule has 12 heteroatoms. The van der Waals surface area contributed by atoms with E-state index in [1.54, 1.807) is 34.4 Å². The Hall–Kier alpha value is -4.35. The highest BCUT2D eigenvalue weighted by Gasteiger charge is 2.40. The molecule has 3 aromatic rings. The van der Waals surface area contributed by atoms with E-state index in [4.69, 9.17) is 24.9 Å². The van der Waals surface area contributed by atoms with Gasteiger partial charge in [-0.05, 0) is 49.9 Å². The number of ether oxygens (including phenoxy) is 3. The number of fused-ring (bicyclic) bond motifs is 1. The number of rotatable bonds is 9. The van der Waals surface area contributed by atoms with E-state index >= 15 is 0 Å². The Morgan fingerprint density at radius 2 is 1.98 bits per heavy atom. The van der Waals surface area contributed by atoms with Gasteiger partial charge in [-0.1, -0.05) is 13.0 Å². The van der Waals surface area contributed by atoms with Gasteiger partial charge in [-0.15, -0.1) is 0 Å². The topological polar surface area (TPSA) is 138 Å². The Bertz CT molecular complexity index is 1320. The van der Waals surface area contributed by atoms with Crippen molar-refractivity contribution in [3.8, 4) is 17.4 Å². The van der Waals surface area contributed by atoms with Gasteiger partial charge in [0.1, 0.15) is 31.5 Å². The zero-order valence-electron chi connectivity index (χ0n) is 22.8. The minimum Gasteiger partial charge on any atom is -0.486 e. The minimum absolute atomic E-state index is 0.240. The summed E-state index contributed by atoms with van der Waals surface area (Å²) in [7, 11) is 0. The number of primary amides is 1. The Balaban J connectivity index is 1.38. The summed E-state index contributed by atoms with van der Waals surface area (Å²) >= 11 is 0. The van der Waals surface area contributed by atoms with Crippen LogP contribution < -0.4 is 20.1 Å². The molecule has 2 N–H and O–H groups in total. The molecular formula is C28H35N7O5. The van der Waals surface area contributed by atoms with Crippen molar-refractivity contribution < 1.29 is 23.8 Å². The molecule has 0 radical (unpaired) electrons. The number of nitrogens with zero attached hydrogens (tertiary/aromatic N) is 6. The highest BCUT2D eigenvalue weighted by atomic mass is 16.6. The maximum atomic E-state index is 13.3. The standard InChI is InChI=1S/C28H35N7O5/c1-3-19(2)40-28(37)35-13-12-33(25-8-9-31-27(32-25)34-11-10-30-18-34)17-22(35)21(26(29)36)6-4-20-5-7-23-24(16-20)39-15-14-38-23/h5,7-11,16,18-19,21-22H,3-4,6,12-15,17H2,1-2H3,(H2,29,36). The molecule has 2 amide bonds. The molecule has 4 heterocycles. The maximum absolute atomic E-state index is 13.3. The first-order valence-corrected chi connectivity index (χ1v) is 13.6. The number of carbonyl (C=O) groups is 2. The summed E-state index contributed by atoms with van der Waals surface area (Å²) in [5.41, 5.74) is 6.99. The van der Waals surface area contributed by atoms with E-state index in [0.717, 1.165) is 5.56 Å². The van der Waals surface area contributed by atoms with Crippen LogP contribution in [0.5, 0.6) is 11.5 Å². The van der Waals surface area contributed by atoms with Crippen LogP contribution in [0.2, 0.25) is 0 Å². The second kappa shape index (κ2) is 12.2. The van der Waals surface area contributed by atoms with Crippen molar-refractivity contribution in [2.75, 3.05) is 37.7 Å². The third-order valence-electron chi connectivity index (χ3n) is 7.40. The number of carbonyl (C=O) groups excluding carboxylic acids is 2. The van der Waals surface area contributed by atoms with E-state index in [2.05, 4.69) is 14.9 Å². The number of hydrogen-bond acceptors (Lipinski definition) is 9. The third kappa shape index (κ3) is 6.11. The third-order valence-corrected chi connectivity index (χ3v) is 7.40. The second-order valence-corrected chi connectivity index (χ2v) is 10.0. The van der Waals surface area contributed by atoms with Crippen molar-refractivity contribution in [2.24, 2.45) is 11.7 Å². The Labute approximate surface area is 233 Å². The average Bonchev–Trinajstić information content (AvgIpc) is 3.52. The quantitative estimate of drug-likeness (QED) is 0.427. The average molecular weight is 550 g/mol. The fourth-order valence-electron chi connectivity index (χ4n) is 5.02. The fraction of sp³-hybridized carbons (Fsp3) is 0.464. The van der Waals surface area contributed by atoms with Gasteiger partial charge >= 0.3 is 6.09 Å². The Kier molecular flexibility index (Phi) is 8.32. The smallest absolute Gasteiger partial charge is 0.410 e.